The molecule has 1 aromatic carbocycles. The second kappa shape index (κ2) is 6.38. The van der Waals surface area contributed by atoms with Crippen molar-refractivity contribution in [1.82, 2.24) is 0 Å². The Morgan fingerprint density at radius 2 is 1.90 bits per heavy atom. The zero-order valence-corrected chi connectivity index (χ0v) is 13.3. The summed E-state index contributed by atoms with van der Waals surface area (Å²) in [5, 5.41) is 0. The van der Waals surface area contributed by atoms with Crippen LogP contribution in [0.25, 0.3) is 0 Å². The molecule has 0 spiro atoms. The smallest absolute Gasteiger partial charge is 0.310 e. The molecule has 2 nitrogen and oxygen atoms in total. The lowest BCUT2D eigenvalue weighted by Gasteiger charge is -2.20. The maximum Gasteiger partial charge on any atom is 0.310 e. The molecule has 0 amide bonds. The molecule has 0 aromatic heterocycles. The van der Waals surface area contributed by atoms with Crippen molar-refractivity contribution in [3.8, 4) is 0 Å². The largest absolute Gasteiger partial charge is 0.460 e. The van der Waals surface area contributed by atoms with Crippen molar-refractivity contribution in [3.05, 3.63) is 34.6 Å². The van der Waals surface area contributed by atoms with E-state index >= 15 is 0 Å². The fourth-order valence-electron chi connectivity index (χ4n) is 2.14. The van der Waals surface area contributed by atoms with Gasteiger partial charge in [0.05, 0.1) is 6.42 Å². The maximum absolute atomic E-state index is 14.1. The standard InChI is InChI=1S/C17H25FO2/c1-7-14-13(10-16(19)20-17(4,5)6)8-12(11(2)3)9-15(14)18/h8-9,11H,7,10H2,1-6H3. The Bertz CT molecular complexity index is 484. The van der Waals surface area contributed by atoms with Gasteiger partial charge in [0, 0.05) is 0 Å². The first-order valence-electron chi connectivity index (χ1n) is 7.17. The van der Waals surface area contributed by atoms with Crippen molar-refractivity contribution in [2.45, 2.75) is 65.9 Å². The molecule has 0 radical (unpaired) electrons. The number of esters is 1. The number of halogens is 1. The lowest BCUT2D eigenvalue weighted by molar-refractivity contribution is -0.153. The van der Waals surface area contributed by atoms with Gasteiger partial charge < -0.3 is 4.74 Å². The lowest BCUT2D eigenvalue weighted by Crippen LogP contribution is -2.25. The maximum atomic E-state index is 14.1. The van der Waals surface area contributed by atoms with Crippen molar-refractivity contribution >= 4 is 5.97 Å². The van der Waals surface area contributed by atoms with Crippen LogP contribution in [0.3, 0.4) is 0 Å². The second-order valence-corrected chi connectivity index (χ2v) is 6.41. The third-order valence-corrected chi connectivity index (χ3v) is 3.09. The summed E-state index contributed by atoms with van der Waals surface area (Å²) >= 11 is 0. The molecular weight excluding hydrogens is 255 g/mol. The number of hydrogen-bond donors (Lipinski definition) is 0. The van der Waals surface area contributed by atoms with E-state index in [2.05, 4.69) is 0 Å². The third kappa shape index (κ3) is 4.62. The normalized spacial score (nSPS) is 11.8. The molecule has 0 aliphatic rings. The molecule has 0 bridgehead atoms. The van der Waals surface area contributed by atoms with Crippen LogP contribution in [0.2, 0.25) is 0 Å². The molecule has 112 valence electrons. The van der Waals surface area contributed by atoms with Gasteiger partial charge in [-0.15, -0.1) is 0 Å². The van der Waals surface area contributed by atoms with Gasteiger partial charge in [0.15, 0.2) is 0 Å². The monoisotopic (exact) mass is 280 g/mol. The van der Waals surface area contributed by atoms with Crippen LogP contribution in [0.1, 0.15) is 64.2 Å². The molecule has 0 heterocycles. The molecule has 0 aliphatic carbocycles. The van der Waals surface area contributed by atoms with E-state index in [1.54, 1.807) is 6.07 Å². The van der Waals surface area contributed by atoms with E-state index < -0.39 is 5.60 Å². The molecule has 20 heavy (non-hydrogen) atoms. The first kappa shape index (κ1) is 16.7. The van der Waals surface area contributed by atoms with Gasteiger partial charge in [-0.2, -0.15) is 0 Å². The average molecular weight is 280 g/mol. The fraction of sp³-hybridized carbons (Fsp3) is 0.588. The second-order valence-electron chi connectivity index (χ2n) is 6.41. The highest BCUT2D eigenvalue weighted by Gasteiger charge is 2.19. The highest BCUT2D eigenvalue weighted by Crippen LogP contribution is 2.24. The van der Waals surface area contributed by atoms with Crippen LogP contribution in [0.5, 0.6) is 0 Å². The van der Waals surface area contributed by atoms with Crippen LogP contribution in [0, 0.1) is 5.82 Å². The minimum atomic E-state index is -0.516. The van der Waals surface area contributed by atoms with Crippen LogP contribution in [-0.4, -0.2) is 11.6 Å². The Balaban J connectivity index is 3.06. The van der Waals surface area contributed by atoms with Gasteiger partial charge in [0.25, 0.3) is 0 Å². The van der Waals surface area contributed by atoms with Gasteiger partial charge in [-0.3, -0.25) is 4.79 Å². The van der Waals surface area contributed by atoms with E-state index in [0.717, 1.165) is 11.1 Å². The molecule has 1 aromatic rings. The van der Waals surface area contributed by atoms with Crippen LogP contribution in [0.15, 0.2) is 12.1 Å². The van der Waals surface area contributed by atoms with Gasteiger partial charge in [-0.05, 0) is 55.9 Å². The molecule has 0 unspecified atom stereocenters. The Labute approximate surface area is 121 Å². The molecule has 0 aliphatic heterocycles. The number of ether oxygens (including phenoxy) is 1. The van der Waals surface area contributed by atoms with E-state index in [-0.39, 0.29) is 24.1 Å². The van der Waals surface area contributed by atoms with Crippen molar-refractivity contribution in [2.24, 2.45) is 0 Å². The minimum absolute atomic E-state index is 0.123. The van der Waals surface area contributed by atoms with Crippen molar-refractivity contribution in [1.29, 1.82) is 0 Å². The summed E-state index contributed by atoms with van der Waals surface area (Å²) in [4.78, 5) is 11.9. The summed E-state index contributed by atoms with van der Waals surface area (Å²) in [6.45, 7) is 11.4. The molecule has 1 rings (SSSR count). The van der Waals surface area contributed by atoms with Gasteiger partial charge in [-0.1, -0.05) is 26.8 Å². The van der Waals surface area contributed by atoms with Crippen LogP contribution < -0.4 is 0 Å². The fourth-order valence-corrected chi connectivity index (χ4v) is 2.14. The number of rotatable bonds is 4. The topological polar surface area (TPSA) is 26.3 Å². The SMILES string of the molecule is CCc1c(F)cc(C(C)C)cc1CC(=O)OC(C)(C)C. The number of carbonyl (C=O) groups is 1. The van der Waals surface area contributed by atoms with Crippen LogP contribution >= 0.6 is 0 Å². The minimum Gasteiger partial charge on any atom is -0.460 e. The van der Waals surface area contributed by atoms with Gasteiger partial charge in [0.1, 0.15) is 11.4 Å². The number of hydrogen-bond acceptors (Lipinski definition) is 2. The quantitative estimate of drug-likeness (QED) is 0.764. The summed E-state index contributed by atoms with van der Waals surface area (Å²) in [6, 6.07) is 3.50. The Morgan fingerprint density at radius 3 is 2.35 bits per heavy atom. The summed E-state index contributed by atoms with van der Waals surface area (Å²) < 4.78 is 19.4. The van der Waals surface area contributed by atoms with Crippen molar-refractivity contribution in [2.75, 3.05) is 0 Å². The van der Waals surface area contributed by atoms with Gasteiger partial charge in [0.2, 0.25) is 0 Å². The van der Waals surface area contributed by atoms with E-state index in [1.165, 1.54) is 0 Å². The van der Waals surface area contributed by atoms with E-state index in [0.29, 0.717) is 12.0 Å². The highest BCUT2D eigenvalue weighted by atomic mass is 19.1. The average Bonchev–Trinajstić information content (AvgIpc) is 2.25. The van der Waals surface area contributed by atoms with E-state index in [9.17, 15) is 9.18 Å². The molecule has 0 saturated carbocycles. The predicted molar refractivity (Wildman–Crippen MR) is 79.4 cm³/mol. The zero-order chi connectivity index (χ0) is 15.5. The number of benzene rings is 1. The molecular formula is C17H25FO2. The predicted octanol–water partition coefficient (Wildman–Crippen LogP) is 4.40. The van der Waals surface area contributed by atoms with Crippen molar-refractivity contribution in [3.63, 3.8) is 0 Å². The summed E-state index contributed by atoms with van der Waals surface area (Å²) in [5.41, 5.74) is 1.75. The third-order valence-electron chi connectivity index (χ3n) is 3.09. The highest BCUT2D eigenvalue weighted by molar-refractivity contribution is 5.73. The first-order chi connectivity index (χ1) is 9.14. The van der Waals surface area contributed by atoms with Gasteiger partial charge in [-0.25, -0.2) is 4.39 Å². The van der Waals surface area contributed by atoms with E-state index in [4.69, 9.17) is 4.74 Å². The summed E-state index contributed by atoms with van der Waals surface area (Å²) in [6.07, 6.45) is 0.695. The van der Waals surface area contributed by atoms with Crippen molar-refractivity contribution < 1.29 is 13.9 Å². The summed E-state index contributed by atoms with van der Waals surface area (Å²) in [7, 11) is 0. The Hall–Kier alpha value is -1.38. The van der Waals surface area contributed by atoms with Crippen LogP contribution in [0.4, 0.5) is 4.39 Å². The molecule has 3 heteroatoms. The zero-order valence-electron chi connectivity index (χ0n) is 13.3. The molecule has 0 atom stereocenters. The molecule has 0 N–H and O–H groups in total. The van der Waals surface area contributed by atoms with Gasteiger partial charge >= 0.3 is 5.97 Å². The number of carbonyl (C=O) groups excluding carboxylic acids is 1. The van der Waals surface area contributed by atoms with Crippen LogP contribution in [-0.2, 0) is 22.4 Å². The summed E-state index contributed by atoms with van der Waals surface area (Å²) in [5.74, 6) is -0.308. The Morgan fingerprint density at radius 1 is 1.30 bits per heavy atom. The van der Waals surface area contributed by atoms with E-state index in [1.807, 2.05) is 47.6 Å². The molecule has 0 fully saturated rings. The molecule has 0 saturated heterocycles. The lowest BCUT2D eigenvalue weighted by atomic mass is 9.94. The first-order valence-corrected chi connectivity index (χ1v) is 7.17. The Kier molecular flexibility index (Phi) is 5.32.